The van der Waals surface area contributed by atoms with Gasteiger partial charge in [0.1, 0.15) is 23.6 Å². The van der Waals surface area contributed by atoms with E-state index in [2.05, 4.69) is 26.7 Å². The van der Waals surface area contributed by atoms with E-state index in [9.17, 15) is 9.65 Å². The highest BCUT2D eigenvalue weighted by Crippen LogP contribution is 2.36. The highest BCUT2D eigenvalue weighted by atomic mass is 35.5. The lowest BCUT2D eigenvalue weighted by molar-refractivity contribution is 0.215. The van der Waals surface area contributed by atoms with Crippen LogP contribution in [0.15, 0.2) is 54.7 Å². The van der Waals surface area contributed by atoms with Gasteiger partial charge in [0.05, 0.1) is 39.8 Å². The maximum atomic E-state index is 14.9. The molecule has 5 rings (SSSR count). The van der Waals surface area contributed by atoms with Crippen molar-refractivity contribution in [3.05, 3.63) is 82.0 Å². The highest BCUT2D eigenvalue weighted by Gasteiger charge is 2.17. The van der Waals surface area contributed by atoms with Gasteiger partial charge in [-0.05, 0) is 56.1 Å². The number of anilines is 2. The van der Waals surface area contributed by atoms with E-state index in [-0.39, 0.29) is 23.1 Å². The maximum Gasteiger partial charge on any atom is 0.167 e. The molecule has 2 aromatic carbocycles. The molecule has 7 nitrogen and oxygen atoms in total. The summed E-state index contributed by atoms with van der Waals surface area (Å²) in [5.41, 5.74) is 2.24. The molecule has 2 aromatic heterocycles. The van der Waals surface area contributed by atoms with Crippen molar-refractivity contribution in [3.8, 4) is 17.6 Å². The van der Waals surface area contributed by atoms with E-state index in [4.69, 9.17) is 32.7 Å². The third kappa shape index (κ3) is 6.08. The van der Waals surface area contributed by atoms with Crippen molar-refractivity contribution in [3.63, 3.8) is 0 Å². The minimum absolute atomic E-state index is 0.0240. The fraction of sp³-hybridized carbons (Fsp3) is 0.250. The first-order chi connectivity index (χ1) is 18.5. The van der Waals surface area contributed by atoms with Crippen LogP contribution in [0.5, 0.6) is 11.5 Å². The number of ether oxygens (including phenoxy) is 2. The first-order valence-electron chi connectivity index (χ1n) is 12.2. The van der Waals surface area contributed by atoms with Gasteiger partial charge in [0, 0.05) is 29.8 Å². The number of pyridine rings is 2. The summed E-state index contributed by atoms with van der Waals surface area (Å²) in [5.74, 6) is 0.574. The Morgan fingerprint density at radius 2 is 1.95 bits per heavy atom. The minimum atomic E-state index is -0.621. The van der Waals surface area contributed by atoms with Gasteiger partial charge in [0.25, 0.3) is 0 Å². The topological polar surface area (TPSA) is 92.1 Å². The molecule has 1 fully saturated rings. The van der Waals surface area contributed by atoms with Crippen LogP contribution < -0.4 is 20.1 Å². The Morgan fingerprint density at radius 1 is 1.11 bits per heavy atom. The fourth-order valence-electron chi connectivity index (χ4n) is 4.30. The molecule has 0 saturated carbocycles. The van der Waals surface area contributed by atoms with Crippen LogP contribution in [0.3, 0.4) is 0 Å². The van der Waals surface area contributed by atoms with E-state index in [1.807, 2.05) is 18.2 Å². The number of hydrogen-bond acceptors (Lipinski definition) is 7. The number of nitrogens with one attached hydrogen (secondary N) is 2. The average Bonchev–Trinajstić information content (AvgIpc) is 2.93. The van der Waals surface area contributed by atoms with Crippen LogP contribution >= 0.6 is 23.2 Å². The Kier molecular flexibility index (Phi) is 8.08. The van der Waals surface area contributed by atoms with Gasteiger partial charge in [0.2, 0.25) is 0 Å². The Balaban J connectivity index is 1.36. The molecule has 38 heavy (non-hydrogen) atoms. The van der Waals surface area contributed by atoms with Crippen LogP contribution in [0.25, 0.3) is 10.9 Å². The van der Waals surface area contributed by atoms with Gasteiger partial charge in [-0.1, -0.05) is 29.3 Å². The van der Waals surface area contributed by atoms with Gasteiger partial charge in [-0.2, -0.15) is 5.26 Å². The van der Waals surface area contributed by atoms with Crippen LogP contribution in [0, 0.1) is 23.1 Å². The molecule has 0 amide bonds. The zero-order chi connectivity index (χ0) is 26.5. The second-order valence-corrected chi connectivity index (χ2v) is 9.76. The number of piperidine rings is 1. The number of rotatable bonds is 8. The van der Waals surface area contributed by atoms with Crippen LogP contribution in [0.4, 0.5) is 15.8 Å². The molecule has 10 heteroatoms. The number of benzene rings is 2. The van der Waals surface area contributed by atoms with E-state index >= 15 is 0 Å². The van der Waals surface area contributed by atoms with Crippen molar-refractivity contribution in [1.82, 2.24) is 15.3 Å². The number of hydrogen-bond donors (Lipinski definition) is 2. The molecule has 3 heterocycles. The van der Waals surface area contributed by atoms with Crippen molar-refractivity contribution >= 4 is 45.5 Å². The third-order valence-electron chi connectivity index (χ3n) is 6.34. The summed E-state index contributed by atoms with van der Waals surface area (Å²) in [6.45, 7) is 2.69. The average molecular weight is 552 g/mol. The Labute approximate surface area is 229 Å². The van der Waals surface area contributed by atoms with Crippen LogP contribution in [-0.2, 0) is 6.61 Å². The summed E-state index contributed by atoms with van der Waals surface area (Å²) in [5, 5.41) is 17.4. The third-order valence-corrected chi connectivity index (χ3v) is 6.86. The highest BCUT2D eigenvalue weighted by molar-refractivity contribution is 6.33. The predicted molar refractivity (Wildman–Crippen MR) is 146 cm³/mol. The molecule has 1 aliphatic rings. The molecule has 0 spiro atoms. The number of nitriles is 1. The van der Waals surface area contributed by atoms with E-state index < -0.39 is 5.82 Å². The summed E-state index contributed by atoms with van der Waals surface area (Å²) in [4.78, 5) is 8.56. The van der Waals surface area contributed by atoms with Crippen molar-refractivity contribution < 1.29 is 13.9 Å². The first-order valence-corrected chi connectivity index (χ1v) is 12.9. The van der Waals surface area contributed by atoms with E-state index in [0.717, 1.165) is 25.9 Å². The number of nitrogens with zero attached hydrogens (tertiary/aromatic N) is 3. The summed E-state index contributed by atoms with van der Waals surface area (Å²) in [7, 11) is 0. The van der Waals surface area contributed by atoms with Crippen molar-refractivity contribution in [1.29, 1.82) is 5.26 Å². The van der Waals surface area contributed by atoms with Crippen molar-refractivity contribution in [2.75, 3.05) is 25.0 Å². The van der Waals surface area contributed by atoms with Crippen LogP contribution in [-0.4, -0.2) is 29.7 Å². The molecular weight excluding hydrogens is 528 g/mol. The molecule has 4 aromatic rings. The molecule has 0 unspecified atom stereocenters. The fourth-order valence-corrected chi connectivity index (χ4v) is 4.68. The molecular formula is C28H24Cl2FN5O2. The Hall–Kier alpha value is -3.64. The number of fused-ring (bicyclic) bond motifs is 1. The minimum Gasteiger partial charge on any atom is -0.493 e. The van der Waals surface area contributed by atoms with Gasteiger partial charge in [-0.25, -0.2) is 9.37 Å². The molecule has 0 bridgehead atoms. The number of halogens is 3. The van der Waals surface area contributed by atoms with Gasteiger partial charge in [-0.15, -0.1) is 0 Å². The quantitative estimate of drug-likeness (QED) is 0.237. The van der Waals surface area contributed by atoms with Crippen molar-refractivity contribution in [2.45, 2.75) is 19.4 Å². The molecule has 2 N–H and O–H groups in total. The Bertz CT molecular complexity index is 1510. The molecule has 0 radical (unpaired) electrons. The molecule has 194 valence electrons. The summed E-state index contributed by atoms with van der Waals surface area (Å²) >= 11 is 12.4. The summed E-state index contributed by atoms with van der Waals surface area (Å²) in [6.07, 6.45) is 3.65. The SMILES string of the molecule is N#Cc1cnc2cc(OCC3CCNCC3)ccc2c1Nc1cc(F)c(OCc2cccc(Cl)n2)cc1Cl. The molecule has 1 saturated heterocycles. The van der Waals surface area contributed by atoms with Crippen molar-refractivity contribution in [2.24, 2.45) is 5.92 Å². The lowest BCUT2D eigenvalue weighted by Gasteiger charge is -2.22. The predicted octanol–water partition coefficient (Wildman–Crippen LogP) is 6.65. The normalized spacial score (nSPS) is 13.7. The first kappa shape index (κ1) is 26.0. The zero-order valence-electron chi connectivity index (χ0n) is 20.3. The van der Waals surface area contributed by atoms with E-state index in [0.29, 0.717) is 51.3 Å². The van der Waals surface area contributed by atoms with Gasteiger partial charge in [-0.3, -0.25) is 4.98 Å². The van der Waals surface area contributed by atoms with Crippen LogP contribution in [0.1, 0.15) is 24.1 Å². The zero-order valence-corrected chi connectivity index (χ0v) is 21.8. The lowest BCUT2D eigenvalue weighted by atomic mass is 9.99. The monoisotopic (exact) mass is 551 g/mol. The standard InChI is InChI=1S/C28H24Cl2FN5O2/c29-22-11-26(38-16-19-2-1-3-27(30)35-19)23(31)12-25(22)36-28-18(13-32)14-34-24-10-20(4-5-21(24)28)37-15-17-6-8-33-9-7-17/h1-5,10-12,14,17,33H,6-9,15-16H2,(H,34,36). The summed E-state index contributed by atoms with van der Waals surface area (Å²) in [6, 6.07) is 15.4. The van der Waals surface area contributed by atoms with E-state index in [1.54, 1.807) is 18.2 Å². The largest absolute Gasteiger partial charge is 0.493 e. The molecule has 1 aliphatic heterocycles. The second kappa shape index (κ2) is 11.8. The van der Waals surface area contributed by atoms with Gasteiger partial charge >= 0.3 is 0 Å². The van der Waals surface area contributed by atoms with Crippen LogP contribution in [0.2, 0.25) is 10.2 Å². The van der Waals surface area contributed by atoms with Gasteiger partial charge in [0.15, 0.2) is 11.6 Å². The van der Waals surface area contributed by atoms with E-state index in [1.165, 1.54) is 18.3 Å². The second-order valence-electron chi connectivity index (χ2n) is 8.97. The maximum absolute atomic E-state index is 14.9. The molecule has 0 atom stereocenters. The Morgan fingerprint density at radius 3 is 2.74 bits per heavy atom. The smallest absolute Gasteiger partial charge is 0.167 e. The lowest BCUT2D eigenvalue weighted by Crippen LogP contribution is -2.30. The number of aromatic nitrogens is 2. The molecule has 0 aliphatic carbocycles. The van der Waals surface area contributed by atoms with Gasteiger partial charge < -0.3 is 20.1 Å². The summed E-state index contributed by atoms with van der Waals surface area (Å²) < 4.78 is 26.5.